The van der Waals surface area contributed by atoms with Crippen molar-refractivity contribution in [1.29, 1.82) is 5.26 Å². The fourth-order valence-corrected chi connectivity index (χ4v) is 1.35. The van der Waals surface area contributed by atoms with Gasteiger partial charge in [0.2, 0.25) is 0 Å². The average Bonchev–Trinajstić information content (AvgIpc) is 2.43. The molecule has 0 atom stereocenters. The smallest absolute Gasteiger partial charge is 0.413 e. The first kappa shape index (κ1) is 18.2. The summed E-state index contributed by atoms with van der Waals surface area (Å²) in [6.45, 7) is 2.54. The summed E-state index contributed by atoms with van der Waals surface area (Å²) in [4.78, 5) is 24.4. The van der Waals surface area contributed by atoms with E-state index in [1.165, 1.54) is 0 Å². The maximum Gasteiger partial charge on any atom is 0.413 e. The Bertz CT molecular complexity index is 393. The fraction of sp³-hybridized carbons (Fsp3) is 0.583. The van der Waals surface area contributed by atoms with Crippen LogP contribution in [0.4, 0.5) is 4.79 Å². The number of ether oxygens (including phenoxy) is 1. The molecule has 0 aliphatic carbocycles. The lowest BCUT2D eigenvalue weighted by Crippen LogP contribution is -2.33. The Labute approximate surface area is 123 Å². The monoisotopic (exact) mass is 302 g/mol. The Hall–Kier alpha value is -1.78. The van der Waals surface area contributed by atoms with Crippen LogP contribution in [0.2, 0.25) is 0 Å². The second kappa shape index (κ2) is 11.1. The Kier molecular flexibility index (Phi) is 10.1. The predicted octanol–water partition coefficient (Wildman–Crippen LogP) is 0.556. The molecule has 0 aromatic carbocycles. The van der Waals surface area contributed by atoms with Crippen molar-refractivity contribution in [3.8, 4) is 6.07 Å². The van der Waals surface area contributed by atoms with Crippen molar-refractivity contribution in [2.75, 3.05) is 32.1 Å². The molecular formula is C12H19ClN4O3. The van der Waals surface area contributed by atoms with Gasteiger partial charge in [-0.1, -0.05) is 0 Å². The number of carbonyl (C=O) groups is 2. The summed E-state index contributed by atoms with van der Waals surface area (Å²) in [5, 5.41) is 11.5. The molecule has 0 saturated heterocycles. The number of halogens is 1. The van der Waals surface area contributed by atoms with Crippen molar-refractivity contribution in [2.45, 2.75) is 13.3 Å². The lowest BCUT2D eigenvalue weighted by Gasteiger charge is -2.17. The van der Waals surface area contributed by atoms with E-state index in [1.807, 2.05) is 0 Å². The highest BCUT2D eigenvalue weighted by Gasteiger charge is 2.16. The molecule has 0 aromatic heterocycles. The number of nitrogens with two attached hydrogens (primary N) is 1. The maximum atomic E-state index is 11.7. The first-order chi connectivity index (χ1) is 9.60. The molecule has 0 bridgehead atoms. The fourth-order valence-electron chi connectivity index (χ4n) is 1.21. The van der Waals surface area contributed by atoms with Gasteiger partial charge in [0.05, 0.1) is 6.61 Å². The number of alkyl halides is 1. The largest absolute Gasteiger partial charge is 0.449 e. The normalized spacial score (nSPS) is 10.6. The van der Waals surface area contributed by atoms with Gasteiger partial charge in [0.1, 0.15) is 11.6 Å². The van der Waals surface area contributed by atoms with Crippen LogP contribution in [0.3, 0.4) is 0 Å². The summed E-state index contributed by atoms with van der Waals surface area (Å²) in [5.74, 6) is -0.155. The van der Waals surface area contributed by atoms with Crippen LogP contribution in [0.25, 0.3) is 0 Å². The Balaban J connectivity index is 4.82. The lowest BCUT2D eigenvalue weighted by atomic mass is 10.3. The SMILES string of the molecule is CCOC(=O)N(/C=C(/C#N)C(=O)NCCCCl)CCN. The third-order valence-corrected chi connectivity index (χ3v) is 2.39. The number of nitrogens with one attached hydrogen (secondary N) is 1. The maximum absolute atomic E-state index is 11.7. The van der Waals surface area contributed by atoms with E-state index in [-0.39, 0.29) is 25.3 Å². The van der Waals surface area contributed by atoms with Gasteiger partial charge in [-0.25, -0.2) is 4.79 Å². The van der Waals surface area contributed by atoms with Crippen molar-refractivity contribution in [2.24, 2.45) is 5.73 Å². The first-order valence-corrected chi connectivity index (χ1v) is 6.73. The van der Waals surface area contributed by atoms with Crippen LogP contribution < -0.4 is 11.1 Å². The summed E-state index contributed by atoms with van der Waals surface area (Å²) < 4.78 is 4.81. The number of nitriles is 1. The van der Waals surface area contributed by atoms with E-state index < -0.39 is 12.0 Å². The van der Waals surface area contributed by atoms with Crippen molar-refractivity contribution in [1.82, 2.24) is 10.2 Å². The standard InChI is InChI=1S/C12H19ClN4O3/c1-2-20-12(19)17(7-5-14)9-10(8-15)11(18)16-6-3-4-13/h9H,2-7,14H2,1H3,(H,16,18)/b10-9-. The van der Waals surface area contributed by atoms with E-state index in [9.17, 15) is 9.59 Å². The van der Waals surface area contributed by atoms with Crippen LogP contribution in [0.1, 0.15) is 13.3 Å². The Morgan fingerprint density at radius 1 is 1.55 bits per heavy atom. The molecule has 0 fully saturated rings. The number of amides is 2. The molecule has 0 aliphatic rings. The second-order valence-electron chi connectivity index (χ2n) is 3.63. The highest BCUT2D eigenvalue weighted by molar-refractivity contribution is 6.17. The minimum Gasteiger partial charge on any atom is -0.449 e. The molecule has 7 nitrogen and oxygen atoms in total. The summed E-state index contributed by atoms with van der Waals surface area (Å²) in [5.41, 5.74) is 5.18. The van der Waals surface area contributed by atoms with Gasteiger partial charge in [-0.05, 0) is 13.3 Å². The average molecular weight is 303 g/mol. The number of rotatable bonds is 8. The second-order valence-corrected chi connectivity index (χ2v) is 4.01. The van der Waals surface area contributed by atoms with Crippen LogP contribution in [0.15, 0.2) is 11.8 Å². The predicted molar refractivity (Wildman–Crippen MR) is 74.8 cm³/mol. The molecule has 3 N–H and O–H groups in total. The highest BCUT2D eigenvalue weighted by Crippen LogP contribution is 2.01. The Morgan fingerprint density at radius 2 is 2.25 bits per heavy atom. The molecule has 0 rings (SSSR count). The summed E-state index contributed by atoms with van der Waals surface area (Å²) >= 11 is 5.49. The van der Waals surface area contributed by atoms with Gasteiger partial charge < -0.3 is 15.8 Å². The number of carbonyl (C=O) groups excluding carboxylic acids is 2. The van der Waals surface area contributed by atoms with Crippen molar-refractivity contribution in [3.63, 3.8) is 0 Å². The minimum atomic E-state index is -0.653. The molecule has 2 amide bonds. The summed E-state index contributed by atoms with van der Waals surface area (Å²) in [6.07, 6.45) is 1.08. The van der Waals surface area contributed by atoms with Crippen LogP contribution in [0, 0.1) is 11.3 Å². The molecule has 20 heavy (non-hydrogen) atoms. The third-order valence-electron chi connectivity index (χ3n) is 2.12. The van der Waals surface area contributed by atoms with Crippen molar-refractivity contribution >= 4 is 23.6 Å². The molecule has 0 radical (unpaired) electrons. The van der Waals surface area contributed by atoms with Crippen molar-refractivity contribution in [3.05, 3.63) is 11.8 Å². The van der Waals surface area contributed by atoms with Gasteiger partial charge in [0.25, 0.3) is 5.91 Å². The number of hydrogen-bond acceptors (Lipinski definition) is 5. The van der Waals surface area contributed by atoms with E-state index in [1.54, 1.807) is 13.0 Å². The number of nitrogens with zero attached hydrogens (tertiary/aromatic N) is 2. The zero-order valence-electron chi connectivity index (χ0n) is 11.4. The van der Waals surface area contributed by atoms with Crippen molar-refractivity contribution < 1.29 is 14.3 Å². The number of hydrogen-bond donors (Lipinski definition) is 2. The van der Waals surface area contributed by atoms with Crippen LogP contribution >= 0.6 is 11.6 Å². The molecule has 8 heteroatoms. The zero-order valence-corrected chi connectivity index (χ0v) is 12.2. The van der Waals surface area contributed by atoms with Gasteiger partial charge in [0, 0.05) is 31.7 Å². The van der Waals surface area contributed by atoms with E-state index in [0.29, 0.717) is 18.8 Å². The third kappa shape index (κ3) is 6.97. The minimum absolute atomic E-state index is 0.152. The first-order valence-electron chi connectivity index (χ1n) is 6.20. The Morgan fingerprint density at radius 3 is 2.75 bits per heavy atom. The van der Waals surface area contributed by atoms with Gasteiger partial charge >= 0.3 is 6.09 Å². The highest BCUT2D eigenvalue weighted by atomic mass is 35.5. The van der Waals surface area contributed by atoms with Gasteiger partial charge in [0.15, 0.2) is 0 Å². The van der Waals surface area contributed by atoms with Gasteiger partial charge in [-0.15, -0.1) is 11.6 Å². The topological polar surface area (TPSA) is 108 Å². The zero-order chi connectivity index (χ0) is 15.4. The van der Waals surface area contributed by atoms with Crippen LogP contribution in [-0.2, 0) is 9.53 Å². The molecule has 0 aromatic rings. The molecule has 112 valence electrons. The molecule has 0 unspecified atom stereocenters. The van der Waals surface area contributed by atoms with E-state index in [4.69, 9.17) is 27.3 Å². The summed E-state index contributed by atoms with van der Waals surface area (Å²) in [7, 11) is 0. The quantitative estimate of drug-likeness (QED) is 0.295. The molecular weight excluding hydrogens is 284 g/mol. The van der Waals surface area contributed by atoms with E-state index in [0.717, 1.165) is 11.1 Å². The molecule has 0 aliphatic heterocycles. The van der Waals surface area contributed by atoms with E-state index in [2.05, 4.69) is 5.32 Å². The van der Waals surface area contributed by atoms with Crippen LogP contribution in [0.5, 0.6) is 0 Å². The molecule has 0 spiro atoms. The lowest BCUT2D eigenvalue weighted by molar-refractivity contribution is -0.117. The van der Waals surface area contributed by atoms with Crippen LogP contribution in [-0.4, -0.2) is 49.0 Å². The van der Waals surface area contributed by atoms with Gasteiger partial charge in [-0.3, -0.25) is 9.69 Å². The molecule has 0 saturated carbocycles. The summed E-state index contributed by atoms with van der Waals surface area (Å²) in [6, 6.07) is 1.74. The van der Waals surface area contributed by atoms with Gasteiger partial charge in [-0.2, -0.15) is 5.26 Å². The van der Waals surface area contributed by atoms with E-state index >= 15 is 0 Å². The molecule has 0 heterocycles.